The van der Waals surface area contributed by atoms with Gasteiger partial charge in [0.2, 0.25) is 0 Å². The molecule has 0 atom stereocenters. The highest BCUT2D eigenvalue weighted by atomic mass is 28.4. The van der Waals surface area contributed by atoms with Gasteiger partial charge in [0.25, 0.3) is 0 Å². The lowest BCUT2D eigenvalue weighted by molar-refractivity contribution is 0.103. The number of hydrogen-bond acceptors (Lipinski definition) is 4. The lowest BCUT2D eigenvalue weighted by Gasteiger charge is -2.36. The summed E-state index contributed by atoms with van der Waals surface area (Å²) in [6.45, 7) is 0. The van der Waals surface area contributed by atoms with Crippen molar-refractivity contribution in [3.8, 4) is 0 Å². The molecule has 14 heavy (non-hydrogen) atoms. The van der Waals surface area contributed by atoms with Crippen molar-refractivity contribution in [1.29, 1.82) is 0 Å². The summed E-state index contributed by atoms with van der Waals surface area (Å²) in [5.41, 5.74) is 6.28. The lowest BCUT2D eigenvalue weighted by Crippen LogP contribution is -2.49. The van der Waals surface area contributed by atoms with Gasteiger partial charge < -0.3 is 19.0 Å². The van der Waals surface area contributed by atoms with Crippen LogP contribution in [0.4, 0.5) is 0 Å². The Labute approximate surface area is 87.1 Å². The molecule has 1 saturated carbocycles. The molecule has 1 aliphatic rings. The van der Waals surface area contributed by atoms with E-state index in [1.165, 1.54) is 0 Å². The molecule has 0 spiro atoms. The van der Waals surface area contributed by atoms with Crippen molar-refractivity contribution in [3.63, 3.8) is 0 Å². The van der Waals surface area contributed by atoms with Gasteiger partial charge in [-0.3, -0.25) is 0 Å². The van der Waals surface area contributed by atoms with E-state index < -0.39 is 8.80 Å². The van der Waals surface area contributed by atoms with Crippen LogP contribution in [-0.2, 0) is 13.3 Å². The zero-order valence-electron chi connectivity index (χ0n) is 9.29. The summed E-state index contributed by atoms with van der Waals surface area (Å²) in [6.07, 6.45) is 4.22. The quantitative estimate of drug-likeness (QED) is 0.720. The number of hydrogen-bond donors (Lipinski definition) is 1. The monoisotopic (exact) mass is 219 g/mol. The van der Waals surface area contributed by atoms with Crippen molar-refractivity contribution in [2.24, 2.45) is 5.73 Å². The summed E-state index contributed by atoms with van der Waals surface area (Å²) < 4.78 is 16.4. The smallest absolute Gasteiger partial charge is 0.377 e. The first kappa shape index (κ1) is 12.1. The van der Waals surface area contributed by atoms with Crippen molar-refractivity contribution >= 4 is 8.80 Å². The van der Waals surface area contributed by atoms with Gasteiger partial charge in [-0.05, 0) is 25.7 Å². The van der Waals surface area contributed by atoms with E-state index >= 15 is 0 Å². The second kappa shape index (κ2) is 5.23. The molecule has 1 fully saturated rings. The first-order valence-corrected chi connectivity index (χ1v) is 6.89. The molecule has 1 aliphatic carbocycles. The third-order valence-electron chi connectivity index (χ3n) is 3.13. The van der Waals surface area contributed by atoms with Crippen LogP contribution < -0.4 is 5.73 Å². The first-order valence-electron chi connectivity index (χ1n) is 5.09. The van der Waals surface area contributed by atoms with E-state index in [2.05, 4.69) is 0 Å². The maximum Gasteiger partial charge on any atom is 0.503 e. The molecule has 0 aliphatic heterocycles. The Morgan fingerprint density at radius 1 is 0.929 bits per heavy atom. The maximum absolute atomic E-state index is 5.86. The summed E-state index contributed by atoms with van der Waals surface area (Å²) >= 11 is 0. The molecule has 0 aromatic heterocycles. The third kappa shape index (κ3) is 2.35. The van der Waals surface area contributed by atoms with Crippen LogP contribution in [-0.4, -0.2) is 36.2 Å². The number of rotatable bonds is 4. The fourth-order valence-electron chi connectivity index (χ4n) is 2.22. The molecule has 0 amide bonds. The van der Waals surface area contributed by atoms with Crippen molar-refractivity contribution in [3.05, 3.63) is 0 Å². The van der Waals surface area contributed by atoms with E-state index in [9.17, 15) is 0 Å². The molecule has 0 radical (unpaired) electrons. The second-order valence-electron chi connectivity index (χ2n) is 3.83. The van der Waals surface area contributed by atoms with Crippen molar-refractivity contribution < 1.29 is 13.3 Å². The van der Waals surface area contributed by atoms with Gasteiger partial charge in [-0.25, -0.2) is 0 Å². The molecule has 5 heteroatoms. The van der Waals surface area contributed by atoms with Crippen LogP contribution in [0.1, 0.15) is 25.7 Å². The highest BCUT2D eigenvalue weighted by Crippen LogP contribution is 2.37. The summed E-state index contributed by atoms with van der Waals surface area (Å²) in [4.78, 5) is 0. The lowest BCUT2D eigenvalue weighted by atomic mass is 9.96. The Balaban J connectivity index is 2.60. The fraction of sp³-hybridized carbons (Fsp3) is 1.00. The molecular formula is C9H21NO3Si. The van der Waals surface area contributed by atoms with Crippen LogP contribution in [0.5, 0.6) is 0 Å². The Bertz CT molecular complexity index is 159. The van der Waals surface area contributed by atoms with E-state index in [0.29, 0.717) is 11.6 Å². The molecule has 0 aromatic carbocycles. The van der Waals surface area contributed by atoms with Gasteiger partial charge in [0, 0.05) is 32.9 Å². The molecule has 1 rings (SSSR count). The molecule has 0 saturated heterocycles. The van der Waals surface area contributed by atoms with Crippen molar-refractivity contribution in [1.82, 2.24) is 0 Å². The molecule has 2 N–H and O–H groups in total. The van der Waals surface area contributed by atoms with Gasteiger partial charge in [-0.15, -0.1) is 0 Å². The molecule has 0 bridgehead atoms. The van der Waals surface area contributed by atoms with Gasteiger partial charge >= 0.3 is 8.80 Å². The minimum atomic E-state index is -2.40. The molecule has 4 nitrogen and oxygen atoms in total. The van der Waals surface area contributed by atoms with Crippen molar-refractivity contribution in [2.45, 2.75) is 37.3 Å². The predicted octanol–water partition coefficient (Wildman–Crippen LogP) is 1.14. The molecule has 84 valence electrons. The van der Waals surface area contributed by atoms with Crippen LogP contribution in [0.25, 0.3) is 0 Å². The zero-order chi connectivity index (χ0) is 10.6. The molecular weight excluding hydrogens is 198 g/mol. The van der Waals surface area contributed by atoms with Crippen LogP contribution in [0.2, 0.25) is 5.54 Å². The van der Waals surface area contributed by atoms with E-state index in [0.717, 1.165) is 25.7 Å². The Morgan fingerprint density at radius 2 is 1.36 bits per heavy atom. The Kier molecular flexibility index (Phi) is 4.53. The zero-order valence-corrected chi connectivity index (χ0v) is 10.3. The van der Waals surface area contributed by atoms with E-state index in [1.54, 1.807) is 21.3 Å². The summed E-state index contributed by atoms with van der Waals surface area (Å²) in [5, 5.41) is 0. The van der Waals surface area contributed by atoms with Gasteiger partial charge in [0.05, 0.1) is 0 Å². The van der Waals surface area contributed by atoms with Crippen LogP contribution in [0.15, 0.2) is 0 Å². The second-order valence-corrected chi connectivity index (χ2v) is 7.08. The minimum absolute atomic E-state index is 0.350. The summed E-state index contributed by atoms with van der Waals surface area (Å²) in [5.74, 6) is 0. The third-order valence-corrected chi connectivity index (χ3v) is 6.41. The van der Waals surface area contributed by atoms with Gasteiger partial charge in [-0.1, -0.05) is 0 Å². The summed E-state index contributed by atoms with van der Waals surface area (Å²) in [6, 6.07) is 0.350. The van der Waals surface area contributed by atoms with Gasteiger partial charge in [-0.2, -0.15) is 0 Å². The molecule has 0 unspecified atom stereocenters. The van der Waals surface area contributed by atoms with Crippen LogP contribution in [0, 0.1) is 0 Å². The van der Waals surface area contributed by atoms with E-state index in [-0.39, 0.29) is 0 Å². The topological polar surface area (TPSA) is 53.7 Å². The first-order chi connectivity index (χ1) is 6.68. The largest absolute Gasteiger partial charge is 0.503 e. The standard InChI is InChI=1S/C9H21NO3Si/c1-11-14(12-2,13-3)9-6-4-8(10)5-7-9/h8-9H,4-7,10H2,1-3H3. The van der Waals surface area contributed by atoms with Crippen LogP contribution in [0.3, 0.4) is 0 Å². The minimum Gasteiger partial charge on any atom is -0.377 e. The Morgan fingerprint density at radius 3 is 1.71 bits per heavy atom. The molecule has 0 aromatic rings. The van der Waals surface area contributed by atoms with Crippen LogP contribution >= 0.6 is 0 Å². The van der Waals surface area contributed by atoms with E-state index in [1.807, 2.05) is 0 Å². The average molecular weight is 219 g/mol. The SMILES string of the molecule is CO[Si](OC)(OC)C1CCC(N)CC1. The van der Waals surface area contributed by atoms with Gasteiger partial charge in [0.1, 0.15) is 0 Å². The Hall–Kier alpha value is 0.0569. The predicted molar refractivity (Wildman–Crippen MR) is 57.0 cm³/mol. The highest BCUT2D eigenvalue weighted by Gasteiger charge is 2.47. The summed E-state index contributed by atoms with van der Waals surface area (Å²) in [7, 11) is 2.62. The van der Waals surface area contributed by atoms with Gasteiger partial charge in [0.15, 0.2) is 0 Å². The fourth-order valence-corrected chi connectivity index (χ4v) is 4.76. The maximum atomic E-state index is 5.86. The normalized spacial score (nSPS) is 29.1. The highest BCUT2D eigenvalue weighted by molar-refractivity contribution is 6.62. The van der Waals surface area contributed by atoms with E-state index in [4.69, 9.17) is 19.0 Å². The average Bonchev–Trinajstić information content (AvgIpc) is 2.24. The molecule has 0 heterocycles. The van der Waals surface area contributed by atoms with Crippen molar-refractivity contribution in [2.75, 3.05) is 21.3 Å². The number of nitrogens with two attached hydrogens (primary N) is 1.